The summed E-state index contributed by atoms with van der Waals surface area (Å²) >= 11 is 0. The zero-order chi connectivity index (χ0) is 21.1. The van der Waals surface area contributed by atoms with Crippen molar-refractivity contribution in [2.24, 2.45) is 0 Å². The van der Waals surface area contributed by atoms with Crippen molar-refractivity contribution in [3.8, 4) is 11.5 Å². The third-order valence-corrected chi connectivity index (χ3v) is 4.61. The number of hydrogen-bond acceptors (Lipinski definition) is 7. The van der Waals surface area contributed by atoms with Crippen LogP contribution < -0.4 is 9.47 Å². The van der Waals surface area contributed by atoms with E-state index in [2.05, 4.69) is 0 Å². The molecule has 2 aromatic rings. The Hall–Kier alpha value is -3.68. The molecule has 1 atom stereocenters. The normalized spacial score (nSPS) is 13.7. The standard InChI is InChI=1S/C21H19NO7/c1-12(22-19(24)14-6-4-5-7-15(14)20(22)25)21(26)29-11-17(23)16-10-13(27-2)8-9-18(16)28-3/h4-10,12H,11H2,1-3H3. The number of methoxy groups -OCH3 is 2. The Morgan fingerprint density at radius 3 is 2.14 bits per heavy atom. The largest absolute Gasteiger partial charge is 0.497 e. The fraction of sp³-hybridized carbons (Fsp3) is 0.238. The van der Waals surface area contributed by atoms with Gasteiger partial charge in [-0.05, 0) is 37.3 Å². The van der Waals surface area contributed by atoms with Crippen molar-refractivity contribution in [3.05, 3.63) is 59.2 Å². The van der Waals surface area contributed by atoms with Gasteiger partial charge in [-0.2, -0.15) is 0 Å². The maximum Gasteiger partial charge on any atom is 0.329 e. The molecule has 1 unspecified atom stereocenters. The first kappa shape index (κ1) is 20.1. The SMILES string of the molecule is COc1ccc(OC)c(C(=O)COC(=O)C(C)N2C(=O)c3ccccc3C2=O)c1. The number of amides is 2. The maximum absolute atomic E-state index is 12.5. The van der Waals surface area contributed by atoms with Crippen molar-refractivity contribution in [2.45, 2.75) is 13.0 Å². The van der Waals surface area contributed by atoms with E-state index in [0.29, 0.717) is 11.5 Å². The predicted molar refractivity (Wildman–Crippen MR) is 101 cm³/mol. The van der Waals surface area contributed by atoms with E-state index >= 15 is 0 Å². The summed E-state index contributed by atoms with van der Waals surface area (Å²) in [6.07, 6.45) is 0. The van der Waals surface area contributed by atoms with Gasteiger partial charge >= 0.3 is 5.97 Å². The molecule has 1 aliphatic rings. The van der Waals surface area contributed by atoms with E-state index in [0.717, 1.165) is 4.90 Å². The number of ketones is 1. The van der Waals surface area contributed by atoms with Crippen molar-refractivity contribution in [1.29, 1.82) is 0 Å². The molecule has 0 aromatic heterocycles. The number of hydrogen-bond donors (Lipinski definition) is 0. The lowest BCUT2D eigenvalue weighted by Crippen LogP contribution is -2.44. The highest BCUT2D eigenvalue weighted by Crippen LogP contribution is 2.26. The number of Topliss-reactive ketones (excluding diaryl/α,β-unsaturated/α-hetero) is 1. The Morgan fingerprint density at radius 1 is 0.966 bits per heavy atom. The van der Waals surface area contributed by atoms with Crippen LogP contribution in [0.25, 0.3) is 0 Å². The molecular weight excluding hydrogens is 378 g/mol. The predicted octanol–water partition coefficient (Wildman–Crippen LogP) is 2.11. The number of esters is 1. The number of benzene rings is 2. The Kier molecular flexibility index (Phi) is 5.63. The zero-order valence-corrected chi connectivity index (χ0v) is 16.1. The molecule has 8 heteroatoms. The minimum atomic E-state index is -1.18. The monoisotopic (exact) mass is 397 g/mol. The summed E-state index contributed by atoms with van der Waals surface area (Å²) in [5, 5.41) is 0. The van der Waals surface area contributed by atoms with Gasteiger partial charge in [-0.3, -0.25) is 19.3 Å². The lowest BCUT2D eigenvalue weighted by molar-refractivity contribution is -0.146. The van der Waals surface area contributed by atoms with Crippen LogP contribution in [0, 0.1) is 0 Å². The summed E-state index contributed by atoms with van der Waals surface area (Å²) in [6, 6.07) is 9.80. The van der Waals surface area contributed by atoms with Crippen LogP contribution in [0.1, 0.15) is 38.0 Å². The lowest BCUT2D eigenvalue weighted by atomic mass is 10.1. The molecular formula is C21H19NO7. The highest BCUT2D eigenvalue weighted by atomic mass is 16.5. The molecule has 0 bridgehead atoms. The van der Waals surface area contributed by atoms with Crippen LogP contribution in [-0.2, 0) is 9.53 Å². The van der Waals surface area contributed by atoms with Crippen molar-refractivity contribution >= 4 is 23.6 Å². The zero-order valence-electron chi connectivity index (χ0n) is 16.1. The third-order valence-electron chi connectivity index (χ3n) is 4.61. The topological polar surface area (TPSA) is 99.2 Å². The van der Waals surface area contributed by atoms with E-state index in [1.807, 2.05) is 0 Å². The van der Waals surface area contributed by atoms with E-state index in [4.69, 9.17) is 14.2 Å². The molecule has 1 heterocycles. The molecule has 2 aromatic carbocycles. The molecule has 29 heavy (non-hydrogen) atoms. The minimum absolute atomic E-state index is 0.188. The van der Waals surface area contributed by atoms with Gasteiger partial charge in [-0.25, -0.2) is 4.79 Å². The molecule has 2 amide bonds. The average Bonchev–Trinajstić information content (AvgIpc) is 3.01. The van der Waals surface area contributed by atoms with E-state index < -0.39 is 36.2 Å². The number of imide groups is 1. The second kappa shape index (κ2) is 8.14. The Bertz CT molecular complexity index is 963. The van der Waals surface area contributed by atoms with E-state index in [1.165, 1.54) is 39.3 Å². The van der Waals surface area contributed by atoms with Crippen LogP contribution in [0.4, 0.5) is 0 Å². The van der Waals surface area contributed by atoms with Gasteiger partial charge in [0.1, 0.15) is 17.5 Å². The fourth-order valence-electron chi connectivity index (χ4n) is 3.03. The molecule has 0 N–H and O–H groups in total. The molecule has 0 saturated heterocycles. The molecule has 0 fully saturated rings. The van der Waals surface area contributed by atoms with Crippen LogP contribution in [0.5, 0.6) is 11.5 Å². The Labute approximate surface area is 167 Å². The van der Waals surface area contributed by atoms with E-state index in [-0.39, 0.29) is 16.7 Å². The van der Waals surface area contributed by atoms with Crippen LogP contribution >= 0.6 is 0 Å². The van der Waals surface area contributed by atoms with Crippen LogP contribution in [0.15, 0.2) is 42.5 Å². The van der Waals surface area contributed by atoms with Gasteiger partial charge in [-0.1, -0.05) is 12.1 Å². The van der Waals surface area contributed by atoms with Gasteiger partial charge in [0.05, 0.1) is 30.9 Å². The molecule has 150 valence electrons. The smallest absolute Gasteiger partial charge is 0.329 e. The number of nitrogens with zero attached hydrogens (tertiary/aromatic N) is 1. The van der Waals surface area contributed by atoms with Crippen LogP contribution in [0.2, 0.25) is 0 Å². The first-order chi connectivity index (χ1) is 13.9. The summed E-state index contributed by atoms with van der Waals surface area (Å²) in [7, 11) is 2.87. The minimum Gasteiger partial charge on any atom is -0.497 e. The summed E-state index contributed by atoms with van der Waals surface area (Å²) < 4.78 is 15.3. The Balaban J connectivity index is 1.69. The number of carbonyl (C=O) groups excluding carboxylic acids is 4. The summed E-state index contributed by atoms with van der Waals surface area (Å²) in [4.78, 5) is 50.7. The number of rotatable bonds is 7. The van der Waals surface area contributed by atoms with Gasteiger partial charge in [-0.15, -0.1) is 0 Å². The molecule has 3 rings (SSSR count). The number of carbonyl (C=O) groups is 4. The van der Waals surface area contributed by atoms with Gasteiger partial charge in [0, 0.05) is 0 Å². The fourth-order valence-corrected chi connectivity index (χ4v) is 3.03. The van der Waals surface area contributed by atoms with E-state index in [9.17, 15) is 19.2 Å². The summed E-state index contributed by atoms with van der Waals surface area (Å²) in [6.45, 7) is 0.802. The Morgan fingerprint density at radius 2 is 1.59 bits per heavy atom. The highest BCUT2D eigenvalue weighted by Gasteiger charge is 2.41. The first-order valence-corrected chi connectivity index (χ1v) is 8.77. The van der Waals surface area contributed by atoms with Crippen molar-refractivity contribution in [3.63, 3.8) is 0 Å². The molecule has 8 nitrogen and oxygen atoms in total. The van der Waals surface area contributed by atoms with Crippen LogP contribution in [-0.4, -0.2) is 55.3 Å². The lowest BCUT2D eigenvalue weighted by Gasteiger charge is -2.20. The number of ether oxygens (including phenoxy) is 3. The van der Waals surface area contributed by atoms with Gasteiger partial charge in [0.2, 0.25) is 5.78 Å². The number of fused-ring (bicyclic) bond motifs is 1. The first-order valence-electron chi connectivity index (χ1n) is 8.77. The molecule has 1 aliphatic heterocycles. The molecule has 0 radical (unpaired) electrons. The van der Waals surface area contributed by atoms with Gasteiger partial charge < -0.3 is 14.2 Å². The van der Waals surface area contributed by atoms with Crippen LogP contribution in [0.3, 0.4) is 0 Å². The highest BCUT2D eigenvalue weighted by molar-refractivity contribution is 6.22. The molecule has 0 saturated carbocycles. The summed E-state index contributed by atoms with van der Waals surface area (Å²) in [5.74, 6) is -1.77. The third kappa shape index (κ3) is 3.69. The molecule has 0 spiro atoms. The summed E-state index contributed by atoms with van der Waals surface area (Å²) in [5.41, 5.74) is 0.650. The van der Waals surface area contributed by atoms with E-state index in [1.54, 1.807) is 24.3 Å². The molecule has 0 aliphatic carbocycles. The average molecular weight is 397 g/mol. The van der Waals surface area contributed by atoms with Crippen molar-refractivity contribution in [1.82, 2.24) is 4.90 Å². The van der Waals surface area contributed by atoms with Crippen molar-refractivity contribution < 1.29 is 33.4 Å². The second-order valence-corrected chi connectivity index (χ2v) is 6.30. The van der Waals surface area contributed by atoms with Crippen molar-refractivity contribution in [2.75, 3.05) is 20.8 Å². The quantitative estimate of drug-likeness (QED) is 0.401. The van der Waals surface area contributed by atoms with Gasteiger partial charge in [0.25, 0.3) is 11.8 Å². The van der Waals surface area contributed by atoms with Gasteiger partial charge in [0.15, 0.2) is 6.61 Å². The maximum atomic E-state index is 12.5. The second-order valence-electron chi connectivity index (χ2n) is 6.30.